The molecule has 6 heteroatoms. The molecule has 1 aromatic carbocycles. The number of hydrogen-bond acceptors (Lipinski definition) is 4. The van der Waals surface area contributed by atoms with Crippen LogP contribution in [0.4, 0.5) is 5.69 Å². The van der Waals surface area contributed by atoms with Gasteiger partial charge in [-0.05, 0) is 26.0 Å². The fourth-order valence-electron chi connectivity index (χ4n) is 2.74. The highest BCUT2D eigenvalue weighted by Gasteiger charge is 2.35. The molecule has 1 N–H and O–H groups in total. The zero-order chi connectivity index (χ0) is 15.7. The number of ether oxygens (including phenoxy) is 2. The maximum atomic E-state index is 12.2. The zero-order valence-corrected chi connectivity index (χ0v) is 12.8. The van der Waals surface area contributed by atoms with E-state index >= 15 is 0 Å². The molecular formula is C16H20N2O4. The van der Waals surface area contributed by atoms with E-state index in [9.17, 15) is 9.59 Å². The van der Waals surface area contributed by atoms with Gasteiger partial charge in [-0.2, -0.15) is 0 Å². The second-order valence-electron chi connectivity index (χ2n) is 5.90. The van der Waals surface area contributed by atoms with Crippen LogP contribution in [-0.2, 0) is 9.59 Å². The first-order chi connectivity index (χ1) is 10.5. The Balaban J connectivity index is 1.75. The molecule has 6 nitrogen and oxygen atoms in total. The van der Waals surface area contributed by atoms with E-state index in [-0.39, 0.29) is 30.2 Å². The Labute approximate surface area is 129 Å². The van der Waals surface area contributed by atoms with E-state index in [0.29, 0.717) is 31.3 Å². The molecule has 118 valence electrons. The lowest BCUT2D eigenvalue weighted by Crippen LogP contribution is -2.36. The Morgan fingerprint density at radius 3 is 2.73 bits per heavy atom. The number of carbonyl (C=O) groups is 2. The zero-order valence-electron chi connectivity index (χ0n) is 12.8. The van der Waals surface area contributed by atoms with Crippen molar-refractivity contribution in [2.45, 2.75) is 26.3 Å². The molecule has 2 amide bonds. The normalized spacial score (nSPS) is 20.4. The standard InChI is InChI=1S/C16H20N2O4/c1-10(2)17-16(20)11-7-15(19)18(9-11)12-3-4-13-14(8-12)22-6-5-21-13/h3-4,8,10-11H,5-7,9H2,1-2H3,(H,17,20)/t11-/m1/s1. The van der Waals surface area contributed by atoms with Crippen LogP contribution in [0.15, 0.2) is 18.2 Å². The number of nitrogens with zero attached hydrogens (tertiary/aromatic N) is 1. The number of benzene rings is 1. The van der Waals surface area contributed by atoms with Crippen molar-refractivity contribution >= 4 is 17.5 Å². The van der Waals surface area contributed by atoms with E-state index in [4.69, 9.17) is 9.47 Å². The Bertz CT molecular complexity index is 600. The predicted molar refractivity (Wildman–Crippen MR) is 81.2 cm³/mol. The summed E-state index contributed by atoms with van der Waals surface area (Å²) >= 11 is 0. The maximum Gasteiger partial charge on any atom is 0.227 e. The minimum absolute atomic E-state index is 0.0411. The SMILES string of the molecule is CC(C)NC(=O)[C@@H]1CC(=O)N(c2ccc3c(c2)OCCO3)C1. The molecule has 1 atom stereocenters. The van der Waals surface area contributed by atoms with Gasteiger partial charge in [-0.15, -0.1) is 0 Å². The topological polar surface area (TPSA) is 67.9 Å². The maximum absolute atomic E-state index is 12.2. The van der Waals surface area contributed by atoms with E-state index in [1.165, 1.54) is 0 Å². The van der Waals surface area contributed by atoms with E-state index in [1.54, 1.807) is 17.0 Å². The summed E-state index contributed by atoms with van der Waals surface area (Å²) in [6.45, 7) is 5.26. The number of fused-ring (bicyclic) bond motifs is 1. The van der Waals surface area contributed by atoms with Crippen LogP contribution < -0.4 is 19.7 Å². The first-order valence-electron chi connectivity index (χ1n) is 7.55. The second kappa shape index (κ2) is 5.87. The van der Waals surface area contributed by atoms with Crippen LogP contribution in [0.3, 0.4) is 0 Å². The quantitative estimate of drug-likeness (QED) is 0.915. The van der Waals surface area contributed by atoms with Gasteiger partial charge in [0, 0.05) is 30.8 Å². The van der Waals surface area contributed by atoms with Crippen molar-refractivity contribution in [3.8, 4) is 11.5 Å². The van der Waals surface area contributed by atoms with Gasteiger partial charge >= 0.3 is 0 Å². The van der Waals surface area contributed by atoms with E-state index in [1.807, 2.05) is 19.9 Å². The molecule has 0 saturated carbocycles. The number of nitrogens with one attached hydrogen (secondary N) is 1. The molecule has 0 radical (unpaired) electrons. The summed E-state index contributed by atoms with van der Waals surface area (Å²) < 4.78 is 11.0. The molecule has 2 heterocycles. The molecule has 22 heavy (non-hydrogen) atoms. The van der Waals surface area contributed by atoms with Gasteiger partial charge in [0.25, 0.3) is 0 Å². The molecule has 1 fully saturated rings. The van der Waals surface area contributed by atoms with Gasteiger partial charge in [-0.25, -0.2) is 0 Å². The number of carbonyl (C=O) groups excluding carboxylic acids is 2. The molecule has 0 aliphatic carbocycles. The van der Waals surface area contributed by atoms with Crippen LogP contribution in [0.2, 0.25) is 0 Å². The minimum Gasteiger partial charge on any atom is -0.486 e. The molecule has 3 rings (SSSR count). The highest BCUT2D eigenvalue weighted by atomic mass is 16.6. The molecule has 1 aromatic rings. The van der Waals surface area contributed by atoms with E-state index in [2.05, 4.69) is 5.32 Å². The lowest BCUT2D eigenvalue weighted by molar-refractivity contribution is -0.126. The second-order valence-corrected chi connectivity index (χ2v) is 5.90. The largest absolute Gasteiger partial charge is 0.486 e. The van der Waals surface area contributed by atoms with Gasteiger partial charge in [-0.3, -0.25) is 9.59 Å². The summed E-state index contributed by atoms with van der Waals surface area (Å²) in [5, 5.41) is 2.86. The van der Waals surface area contributed by atoms with Crippen LogP contribution in [0.5, 0.6) is 11.5 Å². The van der Waals surface area contributed by atoms with Crippen molar-refractivity contribution in [3.05, 3.63) is 18.2 Å². The van der Waals surface area contributed by atoms with E-state index < -0.39 is 0 Å². The van der Waals surface area contributed by atoms with Crippen LogP contribution in [0, 0.1) is 5.92 Å². The number of anilines is 1. The summed E-state index contributed by atoms with van der Waals surface area (Å²) in [5.41, 5.74) is 0.745. The smallest absolute Gasteiger partial charge is 0.227 e. The molecule has 0 unspecified atom stereocenters. The fourth-order valence-corrected chi connectivity index (χ4v) is 2.74. The fraction of sp³-hybridized carbons (Fsp3) is 0.500. The summed E-state index contributed by atoms with van der Waals surface area (Å²) in [4.78, 5) is 25.9. The van der Waals surface area contributed by atoms with Gasteiger partial charge < -0.3 is 19.7 Å². The average Bonchev–Trinajstić information content (AvgIpc) is 2.88. The summed E-state index contributed by atoms with van der Waals surface area (Å²) in [7, 11) is 0. The van der Waals surface area contributed by atoms with Crippen LogP contribution >= 0.6 is 0 Å². The summed E-state index contributed by atoms with van der Waals surface area (Å²) in [5.74, 6) is 0.925. The molecule has 0 spiro atoms. The van der Waals surface area contributed by atoms with Crippen molar-refractivity contribution in [1.29, 1.82) is 0 Å². The predicted octanol–water partition coefficient (Wildman–Crippen LogP) is 1.34. The molecule has 0 aromatic heterocycles. The molecule has 0 bridgehead atoms. The van der Waals surface area contributed by atoms with Gasteiger partial charge in [0.15, 0.2) is 11.5 Å². The third-order valence-electron chi connectivity index (χ3n) is 3.76. The minimum atomic E-state index is -0.303. The number of rotatable bonds is 3. The molecule has 1 saturated heterocycles. The van der Waals surface area contributed by atoms with Crippen molar-refractivity contribution in [2.24, 2.45) is 5.92 Å². The van der Waals surface area contributed by atoms with Crippen LogP contribution in [0.1, 0.15) is 20.3 Å². The summed E-state index contributed by atoms with van der Waals surface area (Å²) in [6.07, 6.45) is 0.243. The number of hydrogen-bond donors (Lipinski definition) is 1. The van der Waals surface area contributed by atoms with Crippen molar-refractivity contribution in [1.82, 2.24) is 5.32 Å². The van der Waals surface area contributed by atoms with Crippen molar-refractivity contribution < 1.29 is 19.1 Å². The summed E-state index contributed by atoms with van der Waals surface area (Å²) in [6, 6.07) is 5.51. The Morgan fingerprint density at radius 2 is 2.00 bits per heavy atom. The Kier molecular flexibility index (Phi) is 3.92. The highest BCUT2D eigenvalue weighted by molar-refractivity contribution is 6.00. The first kappa shape index (κ1) is 14.7. The van der Waals surface area contributed by atoms with Crippen LogP contribution in [-0.4, -0.2) is 37.6 Å². The van der Waals surface area contributed by atoms with Gasteiger partial charge in [-0.1, -0.05) is 0 Å². The van der Waals surface area contributed by atoms with E-state index in [0.717, 1.165) is 5.69 Å². The lowest BCUT2D eigenvalue weighted by atomic mass is 10.1. The number of amides is 2. The monoisotopic (exact) mass is 304 g/mol. The third kappa shape index (κ3) is 2.86. The van der Waals surface area contributed by atoms with Crippen LogP contribution in [0.25, 0.3) is 0 Å². The van der Waals surface area contributed by atoms with Gasteiger partial charge in [0.1, 0.15) is 13.2 Å². The van der Waals surface area contributed by atoms with Gasteiger partial charge in [0.05, 0.1) is 5.92 Å². The van der Waals surface area contributed by atoms with Crippen molar-refractivity contribution in [3.63, 3.8) is 0 Å². The average molecular weight is 304 g/mol. The molecular weight excluding hydrogens is 284 g/mol. The lowest BCUT2D eigenvalue weighted by Gasteiger charge is -2.22. The Morgan fingerprint density at radius 1 is 1.27 bits per heavy atom. The van der Waals surface area contributed by atoms with Crippen molar-refractivity contribution in [2.75, 3.05) is 24.7 Å². The first-order valence-corrected chi connectivity index (χ1v) is 7.55. The molecule has 2 aliphatic heterocycles. The third-order valence-corrected chi connectivity index (χ3v) is 3.76. The Hall–Kier alpha value is -2.24. The highest BCUT2D eigenvalue weighted by Crippen LogP contribution is 2.35. The molecule has 2 aliphatic rings. The van der Waals surface area contributed by atoms with Gasteiger partial charge in [0.2, 0.25) is 11.8 Å².